The highest BCUT2D eigenvalue weighted by Crippen LogP contribution is 2.33. The summed E-state index contributed by atoms with van der Waals surface area (Å²) in [7, 11) is 1.63. The summed E-state index contributed by atoms with van der Waals surface area (Å²) in [6.45, 7) is 0. The monoisotopic (exact) mass is 313 g/mol. The van der Waals surface area contributed by atoms with Crippen molar-refractivity contribution in [1.82, 2.24) is 0 Å². The number of benzene rings is 2. The van der Waals surface area contributed by atoms with Gasteiger partial charge in [-0.25, -0.2) is 0 Å². The second kappa shape index (κ2) is 6.42. The molecule has 0 fully saturated rings. The molecule has 2 rings (SSSR count). The summed E-state index contributed by atoms with van der Waals surface area (Å²) in [5.74, 6) is 1.52. The van der Waals surface area contributed by atoms with Crippen LogP contribution in [0.25, 0.3) is 0 Å². The lowest BCUT2D eigenvalue weighted by Crippen LogP contribution is -1.91. The number of ether oxygens (including phenoxy) is 1. The lowest BCUT2D eigenvalue weighted by atomic mass is 10.2. The fourth-order valence-electron chi connectivity index (χ4n) is 1.56. The van der Waals surface area contributed by atoms with Crippen LogP contribution in [-0.4, -0.2) is 7.11 Å². The molecule has 2 nitrogen and oxygen atoms in total. The predicted molar refractivity (Wildman–Crippen MR) is 83.4 cm³/mol. The van der Waals surface area contributed by atoms with Crippen LogP contribution in [0.15, 0.2) is 41.3 Å². The summed E-state index contributed by atoms with van der Waals surface area (Å²) in [4.78, 5) is 0.977. The minimum absolute atomic E-state index is 0.639. The van der Waals surface area contributed by atoms with Gasteiger partial charge in [0.1, 0.15) is 5.75 Å². The van der Waals surface area contributed by atoms with E-state index in [2.05, 4.69) is 0 Å². The molecule has 0 aliphatic heterocycles. The van der Waals surface area contributed by atoms with E-state index < -0.39 is 0 Å². The van der Waals surface area contributed by atoms with Crippen molar-refractivity contribution in [3.8, 4) is 5.75 Å². The molecule has 2 N–H and O–H groups in total. The van der Waals surface area contributed by atoms with Crippen LogP contribution < -0.4 is 10.5 Å². The molecule has 2 aromatic carbocycles. The van der Waals surface area contributed by atoms with Gasteiger partial charge in [-0.3, -0.25) is 0 Å². The smallest absolute Gasteiger partial charge is 0.120 e. The number of anilines is 1. The molecule has 0 saturated heterocycles. The second-order valence-electron chi connectivity index (χ2n) is 3.93. The van der Waals surface area contributed by atoms with Crippen LogP contribution in [-0.2, 0) is 5.75 Å². The van der Waals surface area contributed by atoms with E-state index in [4.69, 9.17) is 33.7 Å². The van der Waals surface area contributed by atoms with Crippen LogP contribution in [0, 0.1) is 0 Å². The lowest BCUT2D eigenvalue weighted by molar-refractivity contribution is 0.414. The Kier molecular flexibility index (Phi) is 4.86. The molecule has 0 unspecified atom stereocenters. The third-order valence-electron chi connectivity index (χ3n) is 2.62. The molecule has 5 heteroatoms. The van der Waals surface area contributed by atoms with E-state index in [1.54, 1.807) is 24.9 Å². The number of hydrogen-bond donors (Lipinski definition) is 1. The van der Waals surface area contributed by atoms with Crippen molar-refractivity contribution in [2.24, 2.45) is 0 Å². The topological polar surface area (TPSA) is 35.2 Å². The molecule has 0 aliphatic carbocycles. The molecule has 0 radical (unpaired) electrons. The van der Waals surface area contributed by atoms with Gasteiger partial charge in [0, 0.05) is 26.4 Å². The molecule has 100 valence electrons. The number of hydrogen-bond acceptors (Lipinski definition) is 3. The van der Waals surface area contributed by atoms with Crippen molar-refractivity contribution in [2.45, 2.75) is 10.6 Å². The van der Waals surface area contributed by atoms with Gasteiger partial charge in [-0.05, 0) is 35.9 Å². The minimum Gasteiger partial charge on any atom is -0.497 e. The fourth-order valence-corrected chi connectivity index (χ4v) is 3.11. The fraction of sp³-hybridized carbons (Fsp3) is 0.143. The highest BCUT2D eigenvalue weighted by molar-refractivity contribution is 7.98. The maximum Gasteiger partial charge on any atom is 0.120 e. The molecule has 0 heterocycles. The normalized spacial score (nSPS) is 10.5. The first-order valence-corrected chi connectivity index (χ1v) is 7.34. The third kappa shape index (κ3) is 3.72. The maximum atomic E-state index is 6.14. The molecule has 2 aromatic rings. The molecule has 0 atom stereocenters. The summed E-state index contributed by atoms with van der Waals surface area (Å²) in [5.41, 5.74) is 7.70. The Morgan fingerprint density at radius 1 is 1.16 bits per heavy atom. The van der Waals surface area contributed by atoms with Gasteiger partial charge in [-0.2, -0.15) is 0 Å². The van der Waals surface area contributed by atoms with Gasteiger partial charge < -0.3 is 10.5 Å². The van der Waals surface area contributed by atoms with Crippen molar-refractivity contribution in [3.63, 3.8) is 0 Å². The highest BCUT2D eigenvalue weighted by Gasteiger charge is 2.06. The van der Waals surface area contributed by atoms with Crippen molar-refractivity contribution in [3.05, 3.63) is 52.0 Å². The van der Waals surface area contributed by atoms with E-state index in [0.717, 1.165) is 27.6 Å². The largest absolute Gasteiger partial charge is 0.497 e. The SMILES string of the molecule is COc1ccc(N)c(SCc2ccc(Cl)cc2Cl)c1. The average Bonchev–Trinajstić information content (AvgIpc) is 2.39. The number of nitrogens with two attached hydrogens (primary N) is 1. The van der Waals surface area contributed by atoms with E-state index in [1.807, 2.05) is 30.3 Å². The Labute approximate surface area is 126 Å². The summed E-state index contributed by atoms with van der Waals surface area (Å²) in [6, 6.07) is 11.1. The minimum atomic E-state index is 0.639. The molecular weight excluding hydrogens is 301 g/mol. The molecule has 0 bridgehead atoms. The van der Waals surface area contributed by atoms with E-state index in [-0.39, 0.29) is 0 Å². The van der Waals surface area contributed by atoms with Gasteiger partial charge in [0.05, 0.1) is 7.11 Å². The predicted octanol–water partition coefficient (Wildman–Crippen LogP) is 4.88. The summed E-state index contributed by atoms with van der Waals surface area (Å²) in [6.07, 6.45) is 0. The maximum absolute atomic E-state index is 6.14. The third-order valence-corrected chi connectivity index (χ3v) is 4.33. The van der Waals surface area contributed by atoms with E-state index in [9.17, 15) is 0 Å². The number of rotatable bonds is 4. The Morgan fingerprint density at radius 2 is 1.95 bits per heavy atom. The van der Waals surface area contributed by atoms with E-state index in [0.29, 0.717) is 10.0 Å². The Morgan fingerprint density at radius 3 is 2.63 bits per heavy atom. The molecule has 19 heavy (non-hydrogen) atoms. The Bertz CT molecular complexity index is 590. The van der Waals surface area contributed by atoms with Gasteiger partial charge in [0.2, 0.25) is 0 Å². The lowest BCUT2D eigenvalue weighted by Gasteiger charge is -2.09. The molecule has 0 amide bonds. The first kappa shape index (κ1) is 14.4. The quantitative estimate of drug-likeness (QED) is 0.645. The summed E-state index contributed by atoms with van der Waals surface area (Å²) >= 11 is 13.6. The van der Waals surface area contributed by atoms with Crippen LogP contribution in [0.4, 0.5) is 5.69 Å². The number of halogens is 2. The molecular formula is C14H13Cl2NOS. The number of nitrogen functional groups attached to an aromatic ring is 1. The zero-order chi connectivity index (χ0) is 13.8. The molecule has 0 saturated carbocycles. The van der Waals surface area contributed by atoms with Gasteiger partial charge in [-0.15, -0.1) is 11.8 Å². The summed E-state index contributed by atoms with van der Waals surface area (Å²) in [5, 5.41) is 1.31. The highest BCUT2D eigenvalue weighted by atomic mass is 35.5. The van der Waals surface area contributed by atoms with Gasteiger partial charge in [0.15, 0.2) is 0 Å². The Hall–Kier alpha value is -1.03. The Balaban J connectivity index is 2.14. The van der Waals surface area contributed by atoms with Crippen molar-refractivity contribution in [1.29, 1.82) is 0 Å². The van der Waals surface area contributed by atoms with Crippen molar-refractivity contribution >= 4 is 40.7 Å². The van der Waals surface area contributed by atoms with Crippen LogP contribution in [0.5, 0.6) is 5.75 Å². The zero-order valence-electron chi connectivity index (χ0n) is 10.3. The summed E-state index contributed by atoms with van der Waals surface area (Å²) < 4.78 is 5.19. The molecule has 0 aromatic heterocycles. The first-order chi connectivity index (χ1) is 9.10. The average molecular weight is 314 g/mol. The number of methoxy groups -OCH3 is 1. The number of thioether (sulfide) groups is 1. The van der Waals surface area contributed by atoms with Crippen molar-refractivity contribution < 1.29 is 4.74 Å². The van der Waals surface area contributed by atoms with Crippen LogP contribution in [0.1, 0.15) is 5.56 Å². The van der Waals surface area contributed by atoms with Gasteiger partial charge in [-0.1, -0.05) is 29.3 Å². The second-order valence-corrected chi connectivity index (χ2v) is 5.79. The van der Waals surface area contributed by atoms with Crippen LogP contribution in [0.2, 0.25) is 10.0 Å². The first-order valence-electron chi connectivity index (χ1n) is 5.60. The van der Waals surface area contributed by atoms with Crippen LogP contribution in [0.3, 0.4) is 0 Å². The van der Waals surface area contributed by atoms with E-state index in [1.165, 1.54) is 0 Å². The van der Waals surface area contributed by atoms with E-state index >= 15 is 0 Å². The standard InChI is InChI=1S/C14H13Cl2NOS/c1-18-11-4-5-13(17)14(7-11)19-8-9-2-3-10(15)6-12(9)16/h2-7H,8,17H2,1H3. The molecule has 0 spiro atoms. The molecule has 0 aliphatic rings. The van der Waals surface area contributed by atoms with Crippen molar-refractivity contribution in [2.75, 3.05) is 12.8 Å². The zero-order valence-corrected chi connectivity index (χ0v) is 12.6. The van der Waals surface area contributed by atoms with Gasteiger partial charge >= 0.3 is 0 Å². The van der Waals surface area contributed by atoms with Crippen LogP contribution >= 0.6 is 35.0 Å². The van der Waals surface area contributed by atoms with Gasteiger partial charge in [0.25, 0.3) is 0 Å².